The number of halogens is 1. The zero-order chi connectivity index (χ0) is 14.4. The Morgan fingerprint density at radius 3 is 2.55 bits per heavy atom. The van der Waals surface area contributed by atoms with Crippen LogP contribution >= 0.6 is 0 Å². The molecule has 0 aliphatic carbocycles. The molecule has 20 heavy (non-hydrogen) atoms. The third-order valence-corrected chi connectivity index (χ3v) is 3.76. The molecule has 1 fully saturated rings. The molecule has 0 spiro atoms. The molecule has 0 aromatic heterocycles. The number of Topliss-reactive ketones (excluding diaryl/α,β-unsaturated/α-hetero) is 1. The van der Waals surface area contributed by atoms with Crippen LogP contribution in [0.5, 0.6) is 0 Å². The topological polar surface area (TPSA) is 29.5 Å². The van der Waals surface area contributed by atoms with Gasteiger partial charge in [0.05, 0.1) is 6.10 Å². The van der Waals surface area contributed by atoms with Crippen molar-refractivity contribution in [2.75, 3.05) is 26.2 Å². The van der Waals surface area contributed by atoms with Crippen LogP contribution in [0.3, 0.4) is 0 Å². The minimum atomic E-state index is -0.306. The summed E-state index contributed by atoms with van der Waals surface area (Å²) in [5.41, 5.74) is 0.593. The molecule has 2 rings (SSSR count). The normalized spacial score (nSPS) is 17.3. The van der Waals surface area contributed by atoms with Gasteiger partial charge in [0.1, 0.15) is 5.82 Å². The predicted octanol–water partition coefficient (Wildman–Crippen LogP) is 2.90. The molecular weight excluding hydrogens is 257 g/mol. The largest absolute Gasteiger partial charge is 0.378 e. The molecule has 3 nitrogen and oxygen atoms in total. The van der Waals surface area contributed by atoms with E-state index in [9.17, 15) is 9.18 Å². The van der Waals surface area contributed by atoms with Gasteiger partial charge in [0, 0.05) is 38.2 Å². The van der Waals surface area contributed by atoms with E-state index in [1.807, 2.05) is 6.92 Å². The van der Waals surface area contributed by atoms with Gasteiger partial charge in [-0.2, -0.15) is 0 Å². The smallest absolute Gasteiger partial charge is 0.164 e. The van der Waals surface area contributed by atoms with Gasteiger partial charge in [-0.05, 0) is 44.0 Å². The van der Waals surface area contributed by atoms with Gasteiger partial charge < -0.3 is 9.64 Å². The molecule has 4 heteroatoms. The van der Waals surface area contributed by atoms with E-state index >= 15 is 0 Å². The van der Waals surface area contributed by atoms with E-state index in [0.717, 1.165) is 39.1 Å². The van der Waals surface area contributed by atoms with Gasteiger partial charge in [-0.3, -0.25) is 4.79 Å². The van der Waals surface area contributed by atoms with Gasteiger partial charge >= 0.3 is 0 Å². The third-order valence-electron chi connectivity index (χ3n) is 3.76. The van der Waals surface area contributed by atoms with Gasteiger partial charge in [0.15, 0.2) is 5.78 Å². The minimum absolute atomic E-state index is 0.0805. The number of hydrogen-bond donors (Lipinski definition) is 0. The third kappa shape index (κ3) is 4.39. The van der Waals surface area contributed by atoms with Crippen LogP contribution in [-0.4, -0.2) is 43.0 Å². The van der Waals surface area contributed by atoms with Crippen molar-refractivity contribution in [1.82, 2.24) is 4.90 Å². The lowest BCUT2D eigenvalue weighted by molar-refractivity contribution is 0.0143. The van der Waals surface area contributed by atoms with E-state index < -0.39 is 0 Å². The Morgan fingerprint density at radius 2 is 1.95 bits per heavy atom. The van der Waals surface area contributed by atoms with E-state index in [0.29, 0.717) is 18.1 Å². The molecule has 0 unspecified atom stereocenters. The number of carbonyl (C=O) groups excluding carboxylic acids is 1. The zero-order valence-electron chi connectivity index (χ0n) is 12.0. The standard InChI is InChI=1S/C16H22FNO2/c1-2-20-15-7-10-18(11-8-15)12-9-16(19)13-3-5-14(17)6-4-13/h3-6,15H,2,7-12H2,1H3. The van der Waals surface area contributed by atoms with Crippen molar-refractivity contribution in [3.63, 3.8) is 0 Å². The van der Waals surface area contributed by atoms with Crippen molar-refractivity contribution >= 4 is 5.78 Å². The fourth-order valence-corrected chi connectivity index (χ4v) is 2.58. The van der Waals surface area contributed by atoms with Crippen LogP contribution in [0.4, 0.5) is 4.39 Å². The summed E-state index contributed by atoms with van der Waals surface area (Å²) < 4.78 is 18.4. The maximum atomic E-state index is 12.8. The van der Waals surface area contributed by atoms with Crippen molar-refractivity contribution in [1.29, 1.82) is 0 Å². The summed E-state index contributed by atoms with van der Waals surface area (Å²) in [5.74, 6) is -0.225. The number of benzene rings is 1. The van der Waals surface area contributed by atoms with Crippen molar-refractivity contribution in [2.24, 2.45) is 0 Å². The molecule has 110 valence electrons. The summed E-state index contributed by atoms with van der Waals surface area (Å²) in [6.45, 7) is 5.54. The maximum Gasteiger partial charge on any atom is 0.164 e. The molecule has 0 amide bonds. The number of ether oxygens (including phenoxy) is 1. The molecule has 0 N–H and O–H groups in total. The van der Waals surface area contributed by atoms with Gasteiger partial charge in [0.2, 0.25) is 0 Å². The first-order valence-electron chi connectivity index (χ1n) is 7.31. The molecule has 1 aliphatic heterocycles. The molecule has 0 atom stereocenters. The summed E-state index contributed by atoms with van der Waals surface area (Å²) in [5, 5.41) is 0. The SMILES string of the molecule is CCOC1CCN(CCC(=O)c2ccc(F)cc2)CC1. The summed E-state index contributed by atoms with van der Waals surface area (Å²) >= 11 is 0. The molecular formula is C16H22FNO2. The Labute approximate surface area is 119 Å². The number of carbonyl (C=O) groups is 1. The molecule has 0 radical (unpaired) electrons. The molecule has 1 aromatic carbocycles. The Balaban J connectivity index is 1.73. The predicted molar refractivity (Wildman–Crippen MR) is 76.4 cm³/mol. The first-order valence-corrected chi connectivity index (χ1v) is 7.31. The summed E-state index contributed by atoms with van der Waals surface area (Å²) in [6, 6.07) is 5.78. The van der Waals surface area contributed by atoms with Gasteiger partial charge in [0.25, 0.3) is 0 Å². The van der Waals surface area contributed by atoms with E-state index in [1.54, 1.807) is 12.1 Å². The number of hydrogen-bond acceptors (Lipinski definition) is 3. The number of rotatable bonds is 6. The fraction of sp³-hybridized carbons (Fsp3) is 0.562. The molecule has 0 saturated carbocycles. The highest BCUT2D eigenvalue weighted by atomic mass is 19.1. The molecule has 1 aromatic rings. The Kier molecular flexibility index (Phi) is 5.68. The zero-order valence-corrected chi connectivity index (χ0v) is 12.0. The first kappa shape index (κ1) is 15.1. The van der Waals surface area contributed by atoms with Crippen LogP contribution in [-0.2, 0) is 4.74 Å². The van der Waals surface area contributed by atoms with E-state index in [-0.39, 0.29) is 11.6 Å². The van der Waals surface area contributed by atoms with E-state index in [2.05, 4.69) is 4.90 Å². The monoisotopic (exact) mass is 279 g/mol. The van der Waals surface area contributed by atoms with Gasteiger partial charge in [-0.15, -0.1) is 0 Å². The Morgan fingerprint density at radius 1 is 1.30 bits per heavy atom. The van der Waals surface area contributed by atoms with Gasteiger partial charge in [-0.25, -0.2) is 4.39 Å². The molecule has 0 bridgehead atoms. The van der Waals surface area contributed by atoms with Crippen LogP contribution in [0.25, 0.3) is 0 Å². The lowest BCUT2D eigenvalue weighted by atomic mass is 10.1. The number of nitrogens with zero attached hydrogens (tertiary/aromatic N) is 1. The highest BCUT2D eigenvalue weighted by Gasteiger charge is 2.19. The Hall–Kier alpha value is -1.26. The maximum absolute atomic E-state index is 12.8. The van der Waals surface area contributed by atoms with Crippen molar-refractivity contribution in [2.45, 2.75) is 32.3 Å². The second-order valence-electron chi connectivity index (χ2n) is 5.18. The lowest BCUT2D eigenvalue weighted by Crippen LogP contribution is -2.38. The highest BCUT2D eigenvalue weighted by molar-refractivity contribution is 5.96. The van der Waals surface area contributed by atoms with E-state index in [4.69, 9.17) is 4.74 Å². The van der Waals surface area contributed by atoms with Gasteiger partial charge in [-0.1, -0.05) is 0 Å². The second kappa shape index (κ2) is 7.50. The number of piperidine rings is 1. The molecule has 1 saturated heterocycles. The van der Waals surface area contributed by atoms with Crippen molar-refractivity contribution in [3.05, 3.63) is 35.6 Å². The van der Waals surface area contributed by atoms with Crippen LogP contribution in [0.1, 0.15) is 36.5 Å². The quantitative estimate of drug-likeness (QED) is 0.750. The Bertz CT molecular complexity index is 425. The van der Waals surface area contributed by atoms with Crippen molar-refractivity contribution < 1.29 is 13.9 Å². The van der Waals surface area contributed by atoms with Crippen LogP contribution in [0.2, 0.25) is 0 Å². The summed E-state index contributed by atoms with van der Waals surface area (Å²) in [7, 11) is 0. The second-order valence-corrected chi connectivity index (χ2v) is 5.18. The lowest BCUT2D eigenvalue weighted by Gasteiger charge is -2.31. The van der Waals surface area contributed by atoms with Crippen LogP contribution in [0, 0.1) is 5.82 Å². The number of ketones is 1. The summed E-state index contributed by atoms with van der Waals surface area (Å²) in [4.78, 5) is 14.3. The fourth-order valence-electron chi connectivity index (χ4n) is 2.58. The number of likely N-dealkylation sites (tertiary alicyclic amines) is 1. The molecule has 1 heterocycles. The van der Waals surface area contributed by atoms with Crippen LogP contribution < -0.4 is 0 Å². The molecule has 1 aliphatic rings. The van der Waals surface area contributed by atoms with E-state index in [1.165, 1.54) is 12.1 Å². The average Bonchev–Trinajstić information content (AvgIpc) is 2.47. The highest BCUT2D eigenvalue weighted by Crippen LogP contribution is 2.14. The first-order chi connectivity index (χ1) is 9.69. The van der Waals surface area contributed by atoms with Crippen molar-refractivity contribution in [3.8, 4) is 0 Å². The average molecular weight is 279 g/mol. The minimum Gasteiger partial charge on any atom is -0.378 e. The van der Waals surface area contributed by atoms with Crippen LogP contribution in [0.15, 0.2) is 24.3 Å². The summed E-state index contributed by atoms with van der Waals surface area (Å²) in [6.07, 6.45) is 2.95.